The van der Waals surface area contributed by atoms with E-state index in [9.17, 15) is 0 Å². The van der Waals surface area contributed by atoms with Crippen molar-refractivity contribution < 1.29 is 9.47 Å². The molecule has 0 radical (unpaired) electrons. The third-order valence-corrected chi connectivity index (χ3v) is 4.51. The fraction of sp³-hybridized carbons (Fsp3) is 0.143. The lowest BCUT2D eigenvalue weighted by molar-refractivity contribution is 0.390. The molecule has 3 heteroatoms. The molecule has 1 unspecified atom stereocenters. The van der Waals surface area contributed by atoms with Crippen LogP contribution in [0.2, 0.25) is 0 Å². The molecule has 0 fully saturated rings. The van der Waals surface area contributed by atoms with Crippen molar-refractivity contribution in [1.29, 1.82) is 0 Å². The minimum absolute atomic E-state index is 0.0388. The molecule has 0 bridgehead atoms. The van der Waals surface area contributed by atoms with E-state index in [1.807, 2.05) is 12.1 Å². The summed E-state index contributed by atoms with van der Waals surface area (Å²) in [6.45, 7) is 0. The number of ether oxygens (including phenoxy) is 2. The van der Waals surface area contributed by atoms with Gasteiger partial charge in [-0.1, -0.05) is 48.5 Å². The van der Waals surface area contributed by atoms with Gasteiger partial charge in [0.1, 0.15) is 11.5 Å². The molecule has 0 aliphatic carbocycles. The first kappa shape index (κ1) is 14.6. The average molecular weight is 317 g/mol. The summed E-state index contributed by atoms with van der Waals surface area (Å²) in [5.41, 5.74) is 5.78. The van der Waals surface area contributed by atoms with E-state index in [0.717, 1.165) is 33.9 Å². The van der Waals surface area contributed by atoms with Gasteiger partial charge in [0.2, 0.25) is 0 Å². The van der Waals surface area contributed by atoms with E-state index >= 15 is 0 Å². The smallest absolute Gasteiger partial charge is 0.128 e. The molecule has 3 aromatic carbocycles. The lowest BCUT2D eigenvalue weighted by Crippen LogP contribution is -2.19. The molecule has 4 rings (SSSR count). The van der Waals surface area contributed by atoms with Gasteiger partial charge in [-0.15, -0.1) is 0 Å². The molecule has 120 valence electrons. The number of fused-ring (bicyclic) bond motifs is 3. The number of methoxy groups -OCH3 is 2. The maximum atomic E-state index is 5.70. The Labute approximate surface area is 141 Å². The third kappa shape index (κ3) is 2.29. The van der Waals surface area contributed by atoms with E-state index in [1.165, 1.54) is 5.56 Å². The Morgan fingerprint density at radius 3 is 2.29 bits per heavy atom. The first-order valence-electron chi connectivity index (χ1n) is 7.98. The van der Waals surface area contributed by atoms with Crippen LogP contribution in [0.25, 0.3) is 11.1 Å². The van der Waals surface area contributed by atoms with Crippen LogP contribution in [0.1, 0.15) is 17.2 Å². The van der Waals surface area contributed by atoms with Gasteiger partial charge in [-0.25, -0.2) is 0 Å². The van der Waals surface area contributed by atoms with Crippen LogP contribution in [0.3, 0.4) is 0 Å². The van der Waals surface area contributed by atoms with Gasteiger partial charge in [0.05, 0.1) is 20.3 Å². The molecule has 0 spiro atoms. The highest BCUT2D eigenvalue weighted by Crippen LogP contribution is 2.48. The van der Waals surface area contributed by atoms with Gasteiger partial charge in [-0.05, 0) is 23.3 Å². The molecule has 1 atom stereocenters. The maximum Gasteiger partial charge on any atom is 0.128 e. The summed E-state index contributed by atoms with van der Waals surface area (Å²) in [5.74, 6) is 1.63. The molecule has 1 N–H and O–H groups in total. The van der Waals surface area contributed by atoms with Crippen LogP contribution in [0, 0.1) is 0 Å². The van der Waals surface area contributed by atoms with Crippen LogP contribution in [-0.2, 0) is 0 Å². The lowest BCUT2D eigenvalue weighted by atomic mass is 9.85. The molecule has 1 aliphatic heterocycles. The van der Waals surface area contributed by atoms with Crippen molar-refractivity contribution in [2.45, 2.75) is 6.04 Å². The van der Waals surface area contributed by atoms with Gasteiger partial charge in [0, 0.05) is 22.9 Å². The standard InChI is InChI=1S/C21H19NO2/c1-23-15-12-17-16-10-6-7-11-18(16)22-21(14-8-4-3-5-9-14)20(17)19(13-15)24-2/h3-13,21-22H,1-2H3. The Balaban J connectivity index is 2.00. The van der Waals surface area contributed by atoms with Crippen molar-refractivity contribution >= 4 is 5.69 Å². The van der Waals surface area contributed by atoms with Crippen molar-refractivity contribution in [3.63, 3.8) is 0 Å². The molecule has 24 heavy (non-hydrogen) atoms. The van der Waals surface area contributed by atoms with E-state index in [0.29, 0.717) is 0 Å². The van der Waals surface area contributed by atoms with Gasteiger partial charge in [-0.3, -0.25) is 0 Å². The monoisotopic (exact) mass is 317 g/mol. The molecule has 0 aromatic heterocycles. The summed E-state index contributed by atoms with van der Waals surface area (Å²) in [4.78, 5) is 0. The number of benzene rings is 3. The molecule has 3 aromatic rings. The van der Waals surface area contributed by atoms with Crippen LogP contribution >= 0.6 is 0 Å². The topological polar surface area (TPSA) is 30.5 Å². The molecule has 1 aliphatic rings. The minimum Gasteiger partial charge on any atom is -0.497 e. The van der Waals surface area contributed by atoms with E-state index in [4.69, 9.17) is 9.47 Å². The van der Waals surface area contributed by atoms with Crippen molar-refractivity contribution in [3.8, 4) is 22.6 Å². The summed E-state index contributed by atoms with van der Waals surface area (Å²) < 4.78 is 11.2. The fourth-order valence-corrected chi connectivity index (χ4v) is 3.38. The number of rotatable bonds is 3. The number of hydrogen-bond acceptors (Lipinski definition) is 3. The predicted molar refractivity (Wildman–Crippen MR) is 96.9 cm³/mol. The summed E-state index contributed by atoms with van der Waals surface area (Å²) in [5, 5.41) is 3.66. The lowest BCUT2D eigenvalue weighted by Gasteiger charge is -2.32. The second-order valence-corrected chi connectivity index (χ2v) is 5.82. The summed E-state index contributed by atoms with van der Waals surface area (Å²) in [6.07, 6.45) is 0. The van der Waals surface area contributed by atoms with Gasteiger partial charge in [0.25, 0.3) is 0 Å². The number of nitrogens with one attached hydrogen (secondary N) is 1. The first-order valence-corrected chi connectivity index (χ1v) is 7.98. The number of para-hydroxylation sites is 1. The molecule has 0 saturated heterocycles. The SMILES string of the molecule is COc1cc(OC)c2c(c1)-c1ccccc1NC2c1ccccc1. The van der Waals surface area contributed by atoms with E-state index in [-0.39, 0.29) is 6.04 Å². The number of hydrogen-bond donors (Lipinski definition) is 1. The first-order chi connectivity index (χ1) is 11.8. The summed E-state index contributed by atoms with van der Waals surface area (Å²) in [6, 6.07) is 22.9. The molecule has 1 heterocycles. The zero-order valence-electron chi connectivity index (χ0n) is 13.7. The van der Waals surface area contributed by atoms with E-state index in [1.54, 1.807) is 14.2 Å². The van der Waals surface area contributed by atoms with E-state index < -0.39 is 0 Å². The quantitative estimate of drug-likeness (QED) is 0.746. The molecular weight excluding hydrogens is 298 g/mol. The minimum atomic E-state index is 0.0388. The highest BCUT2D eigenvalue weighted by Gasteiger charge is 2.29. The average Bonchev–Trinajstić information content (AvgIpc) is 2.67. The van der Waals surface area contributed by atoms with Crippen molar-refractivity contribution in [2.75, 3.05) is 19.5 Å². The highest BCUT2D eigenvalue weighted by molar-refractivity contribution is 5.87. The molecule has 3 nitrogen and oxygen atoms in total. The summed E-state index contributed by atoms with van der Waals surface area (Å²) in [7, 11) is 3.39. The van der Waals surface area contributed by atoms with Gasteiger partial charge in [0.15, 0.2) is 0 Å². The number of anilines is 1. The van der Waals surface area contributed by atoms with Gasteiger partial charge in [-0.2, -0.15) is 0 Å². The van der Waals surface area contributed by atoms with Crippen LogP contribution in [-0.4, -0.2) is 14.2 Å². The Kier molecular flexibility index (Phi) is 3.62. The van der Waals surface area contributed by atoms with Crippen molar-refractivity contribution in [3.05, 3.63) is 77.9 Å². The Morgan fingerprint density at radius 2 is 1.54 bits per heavy atom. The summed E-state index contributed by atoms with van der Waals surface area (Å²) >= 11 is 0. The van der Waals surface area contributed by atoms with Crippen molar-refractivity contribution in [2.24, 2.45) is 0 Å². The zero-order valence-corrected chi connectivity index (χ0v) is 13.7. The van der Waals surface area contributed by atoms with Crippen LogP contribution < -0.4 is 14.8 Å². The molecule has 0 amide bonds. The largest absolute Gasteiger partial charge is 0.497 e. The Bertz CT molecular complexity index is 874. The van der Waals surface area contributed by atoms with E-state index in [2.05, 4.69) is 59.9 Å². The van der Waals surface area contributed by atoms with Crippen LogP contribution in [0.5, 0.6) is 11.5 Å². The Hall–Kier alpha value is -2.94. The molecular formula is C21H19NO2. The second kappa shape index (κ2) is 5.93. The maximum absolute atomic E-state index is 5.70. The van der Waals surface area contributed by atoms with Gasteiger partial charge < -0.3 is 14.8 Å². The fourth-order valence-electron chi connectivity index (χ4n) is 3.38. The Morgan fingerprint density at radius 1 is 0.792 bits per heavy atom. The second-order valence-electron chi connectivity index (χ2n) is 5.82. The predicted octanol–water partition coefficient (Wildman–Crippen LogP) is 4.89. The van der Waals surface area contributed by atoms with Crippen LogP contribution in [0.15, 0.2) is 66.7 Å². The normalized spacial score (nSPS) is 15.0. The van der Waals surface area contributed by atoms with Gasteiger partial charge >= 0.3 is 0 Å². The van der Waals surface area contributed by atoms with Crippen LogP contribution in [0.4, 0.5) is 5.69 Å². The third-order valence-electron chi connectivity index (χ3n) is 4.51. The highest BCUT2D eigenvalue weighted by atomic mass is 16.5. The zero-order chi connectivity index (χ0) is 16.5. The molecule has 0 saturated carbocycles. The van der Waals surface area contributed by atoms with Crippen molar-refractivity contribution in [1.82, 2.24) is 0 Å².